The van der Waals surface area contributed by atoms with Crippen LogP contribution in [0.25, 0.3) is 20.9 Å². The summed E-state index contributed by atoms with van der Waals surface area (Å²) in [6.45, 7) is 0. The molecule has 0 saturated carbocycles. The maximum absolute atomic E-state index is 4.57. The van der Waals surface area contributed by atoms with Crippen molar-refractivity contribution in [3.8, 4) is 10.6 Å². The van der Waals surface area contributed by atoms with Crippen LogP contribution in [0.4, 0.5) is 5.69 Å². The van der Waals surface area contributed by atoms with E-state index in [1.165, 1.54) is 0 Å². The summed E-state index contributed by atoms with van der Waals surface area (Å²) in [5, 5.41) is 4.12. The van der Waals surface area contributed by atoms with E-state index in [0.29, 0.717) is 0 Å². The molecule has 0 unspecified atom stereocenters. The van der Waals surface area contributed by atoms with Crippen LogP contribution in [0.2, 0.25) is 0 Å². The Morgan fingerprint density at radius 3 is 2.65 bits per heavy atom. The lowest BCUT2D eigenvalue weighted by molar-refractivity contribution is 1.40. The van der Waals surface area contributed by atoms with E-state index in [-0.39, 0.29) is 0 Å². The summed E-state index contributed by atoms with van der Waals surface area (Å²) in [6.07, 6.45) is 1.80. The second kappa shape index (κ2) is 4.14. The molecule has 0 aliphatic rings. The van der Waals surface area contributed by atoms with Crippen LogP contribution in [0.3, 0.4) is 0 Å². The van der Waals surface area contributed by atoms with E-state index in [9.17, 15) is 0 Å². The molecule has 0 fully saturated rings. The minimum absolute atomic E-state index is 0.963. The molecule has 2 aromatic heterocycles. The van der Waals surface area contributed by atoms with Crippen molar-refractivity contribution >= 4 is 27.4 Å². The summed E-state index contributed by atoms with van der Waals surface area (Å²) >= 11 is 1.62. The normalized spacial score (nSPS) is 10.6. The molecule has 0 amide bonds. The summed E-state index contributed by atoms with van der Waals surface area (Å²) < 4.78 is 0. The second-order valence-electron chi connectivity index (χ2n) is 3.67. The van der Waals surface area contributed by atoms with Crippen LogP contribution in [0.1, 0.15) is 0 Å². The quantitative estimate of drug-likeness (QED) is 0.747. The van der Waals surface area contributed by atoms with Gasteiger partial charge < -0.3 is 5.32 Å². The molecular formula is C13H11N3S. The summed E-state index contributed by atoms with van der Waals surface area (Å²) in [7, 11) is 1.91. The number of nitrogens with one attached hydrogen (secondary N) is 1. The smallest absolute Gasteiger partial charge is 0.143 e. The first-order chi connectivity index (χ1) is 8.36. The third-order valence-corrected chi connectivity index (χ3v) is 3.62. The van der Waals surface area contributed by atoms with Gasteiger partial charge in [0.2, 0.25) is 0 Å². The van der Waals surface area contributed by atoms with Crippen LogP contribution in [-0.2, 0) is 0 Å². The standard InChI is InChI=1S/C13H11N3S/c1-14-10-6-4-9(5-7-10)12-16-11-3-2-8-15-13(11)17-12/h2-8,14H,1H3. The highest BCUT2D eigenvalue weighted by atomic mass is 32.1. The highest BCUT2D eigenvalue weighted by molar-refractivity contribution is 7.21. The fraction of sp³-hybridized carbons (Fsp3) is 0.0769. The molecule has 0 spiro atoms. The topological polar surface area (TPSA) is 37.8 Å². The van der Waals surface area contributed by atoms with Crippen LogP contribution in [0, 0.1) is 0 Å². The fourth-order valence-electron chi connectivity index (χ4n) is 1.67. The number of hydrogen-bond donors (Lipinski definition) is 1. The van der Waals surface area contributed by atoms with Gasteiger partial charge in [0, 0.05) is 24.5 Å². The molecule has 3 aromatic rings. The molecular weight excluding hydrogens is 230 g/mol. The van der Waals surface area contributed by atoms with Gasteiger partial charge in [0.15, 0.2) is 0 Å². The zero-order chi connectivity index (χ0) is 11.7. The lowest BCUT2D eigenvalue weighted by Crippen LogP contribution is -1.86. The summed E-state index contributed by atoms with van der Waals surface area (Å²) in [5.41, 5.74) is 3.20. The Labute approximate surface area is 103 Å². The van der Waals surface area contributed by atoms with E-state index in [0.717, 1.165) is 26.6 Å². The molecule has 3 rings (SSSR count). The average molecular weight is 241 g/mol. The Bertz CT molecular complexity index is 610. The number of anilines is 1. The predicted molar refractivity (Wildman–Crippen MR) is 72.4 cm³/mol. The van der Waals surface area contributed by atoms with Crippen molar-refractivity contribution in [3.05, 3.63) is 42.6 Å². The van der Waals surface area contributed by atoms with Crippen LogP contribution in [-0.4, -0.2) is 17.0 Å². The highest BCUT2D eigenvalue weighted by Gasteiger charge is 2.06. The zero-order valence-corrected chi connectivity index (χ0v) is 10.2. The van der Waals surface area contributed by atoms with E-state index < -0.39 is 0 Å². The minimum atomic E-state index is 0.963. The van der Waals surface area contributed by atoms with Gasteiger partial charge in [0.05, 0.1) is 0 Å². The first-order valence-corrected chi connectivity index (χ1v) is 6.18. The molecule has 0 atom stereocenters. The van der Waals surface area contributed by atoms with Crippen molar-refractivity contribution in [2.24, 2.45) is 0 Å². The third kappa shape index (κ3) is 1.87. The Balaban J connectivity index is 2.07. The largest absolute Gasteiger partial charge is 0.388 e. The molecule has 1 N–H and O–H groups in total. The van der Waals surface area contributed by atoms with Crippen molar-refractivity contribution in [3.63, 3.8) is 0 Å². The first-order valence-electron chi connectivity index (χ1n) is 5.36. The Kier molecular flexibility index (Phi) is 2.49. The summed E-state index contributed by atoms with van der Waals surface area (Å²) in [4.78, 5) is 9.87. The van der Waals surface area contributed by atoms with Gasteiger partial charge in [-0.3, -0.25) is 0 Å². The predicted octanol–water partition coefficient (Wildman–Crippen LogP) is 3.40. The van der Waals surface area contributed by atoms with Crippen molar-refractivity contribution in [2.45, 2.75) is 0 Å². The Morgan fingerprint density at radius 2 is 1.94 bits per heavy atom. The first kappa shape index (κ1) is 10.2. The molecule has 17 heavy (non-hydrogen) atoms. The van der Waals surface area contributed by atoms with Crippen LogP contribution < -0.4 is 5.32 Å². The molecule has 4 heteroatoms. The van der Waals surface area contributed by atoms with Crippen LogP contribution >= 0.6 is 11.3 Å². The minimum Gasteiger partial charge on any atom is -0.388 e. The maximum atomic E-state index is 4.57. The van der Waals surface area contributed by atoms with Crippen molar-refractivity contribution in [2.75, 3.05) is 12.4 Å². The summed E-state index contributed by atoms with van der Waals surface area (Å²) in [6, 6.07) is 12.1. The van der Waals surface area contributed by atoms with Crippen LogP contribution in [0.15, 0.2) is 42.6 Å². The molecule has 0 saturated heterocycles. The summed E-state index contributed by atoms with van der Waals surface area (Å²) in [5.74, 6) is 0. The van der Waals surface area contributed by atoms with E-state index in [2.05, 4.69) is 39.6 Å². The number of aromatic nitrogens is 2. The van der Waals surface area contributed by atoms with Crippen molar-refractivity contribution in [1.82, 2.24) is 9.97 Å². The molecule has 3 nitrogen and oxygen atoms in total. The molecule has 0 aliphatic heterocycles. The number of pyridine rings is 1. The van der Waals surface area contributed by atoms with Crippen molar-refractivity contribution < 1.29 is 0 Å². The molecule has 1 aromatic carbocycles. The van der Waals surface area contributed by atoms with Crippen molar-refractivity contribution in [1.29, 1.82) is 0 Å². The molecule has 0 bridgehead atoms. The number of thiazole rings is 1. The maximum Gasteiger partial charge on any atom is 0.143 e. The monoisotopic (exact) mass is 241 g/mol. The Morgan fingerprint density at radius 1 is 1.12 bits per heavy atom. The fourth-order valence-corrected chi connectivity index (χ4v) is 2.59. The van der Waals surface area contributed by atoms with Gasteiger partial charge in [-0.15, -0.1) is 0 Å². The van der Waals surface area contributed by atoms with E-state index >= 15 is 0 Å². The third-order valence-electron chi connectivity index (χ3n) is 2.59. The lowest BCUT2D eigenvalue weighted by atomic mass is 10.2. The van der Waals surface area contributed by atoms with E-state index in [4.69, 9.17) is 0 Å². The second-order valence-corrected chi connectivity index (χ2v) is 4.65. The molecule has 84 valence electrons. The van der Waals surface area contributed by atoms with Gasteiger partial charge in [0.1, 0.15) is 15.4 Å². The number of benzene rings is 1. The molecule has 2 heterocycles. The molecule has 0 aliphatic carbocycles. The van der Waals surface area contributed by atoms with E-state index in [1.807, 2.05) is 19.2 Å². The number of fused-ring (bicyclic) bond motifs is 1. The van der Waals surface area contributed by atoms with Gasteiger partial charge in [-0.25, -0.2) is 9.97 Å². The lowest BCUT2D eigenvalue weighted by Gasteiger charge is -2.00. The van der Waals surface area contributed by atoms with Crippen LogP contribution in [0.5, 0.6) is 0 Å². The number of hydrogen-bond acceptors (Lipinski definition) is 4. The van der Waals surface area contributed by atoms with E-state index in [1.54, 1.807) is 17.5 Å². The SMILES string of the molecule is CNc1ccc(-c2nc3cccnc3s2)cc1. The molecule has 0 radical (unpaired) electrons. The highest BCUT2D eigenvalue weighted by Crippen LogP contribution is 2.29. The Hall–Kier alpha value is -1.94. The number of nitrogens with zero attached hydrogens (tertiary/aromatic N) is 2. The van der Waals surface area contributed by atoms with Gasteiger partial charge in [-0.05, 0) is 36.4 Å². The van der Waals surface area contributed by atoms with Gasteiger partial charge >= 0.3 is 0 Å². The van der Waals surface area contributed by atoms with Gasteiger partial charge in [-0.1, -0.05) is 11.3 Å². The zero-order valence-electron chi connectivity index (χ0n) is 9.34. The van der Waals surface area contributed by atoms with Gasteiger partial charge in [0.25, 0.3) is 0 Å². The van der Waals surface area contributed by atoms with Gasteiger partial charge in [-0.2, -0.15) is 0 Å². The number of rotatable bonds is 2. The average Bonchev–Trinajstić information content (AvgIpc) is 2.82.